The number of nitrogens with zero attached hydrogens (tertiary/aromatic N) is 2. The van der Waals surface area contributed by atoms with E-state index in [1.165, 1.54) is 25.6 Å². The predicted octanol–water partition coefficient (Wildman–Crippen LogP) is 3.42. The Morgan fingerprint density at radius 1 is 0.968 bits per heavy atom. The van der Waals surface area contributed by atoms with Gasteiger partial charge in [0.05, 0.1) is 32.1 Å². The fraction of sp³-hybridized carbons (Fsp3) is 0.318. The van der Waals surface area contributed by atoms with Gasteiger partial charge < -0.3 is 23.5 Å². The third kappa shape index (κ3) is 4.72. The Morgan fingerprint density at radius 3 is 2.23 bits per heavy atom. The molecule has 0 radical (unpaired) electrons. The number of para-hydroxylation sites is 1. The van der Waals surface area contributed by atoms with Gasteiger partial charge in [-0.3, -0.25) is 9.59 Å². The average Bonchev–Trinajstić information content (AvgIpc) is 3.11. The summed E-state index contributed by atoms with van der Waals surface area (Å²) in [5.74, 6) is 0.320. The molecule has 2 aromatic carbocycles. The van der Waals surface area contributed by atoms with E-state index in [4.69, 9.17) is 18.9 Å². The molecule has 0 saturated carbocycles. The van der Waals surface area contributed by atoms with E-state index in [9.17, 15) is 9.59 Å². The number of ether oxygens (including phenoxy) is 4. The zero-order chi connectivity index (χ0) is 22.4. The SMILES string of the molecule is CCOC(=O)Cn1c(=NC(=O)c2c(OC)cccc2OC)sc2cccc(OCC)c21. The molecule has 164 valence electrons. The molecule has 0 aliphatic rings. The Bertz CT molecular complexity index is 1140. The van der Waals surface area contributed by atoms with Crippen molar-refractivity contribution in [3.63, 3.8) is 0 Å². The molecule has 3 rings (SSSR count). The number of rotatable bonds is 8. The Balaban J connectivity index is 2.22. The first-order valence-electron chi connectivity index (χ1n) is 9.74. The van der Waals surface area contributed by atoms with Gasteiger partial charge in [-0.15, -0.1) is 0 Å². The summed E-state index contributed by atoms with van der Waals surface area (Å²) in [6.45, 7) is 4.22. The number of hydrogen-bond acceptors (Lipinski definition) is 7. The van der Waals surface area contributed by atoms with Gasteiger partial charge in [-0.1, -0.05) is 23.5 Å². The van der Waals surface area contributed by atoms with Gasteiger partial charge >= 0.3 is 5.97 Å². The van der Waals surface area contributed by atoms with Crippen LogP contribution in [0.2, 0.25) is 0 Å². The number of esters is 1. The Morgan fingerprint density at radius 2 is 1.61 bits per heavy atom. The van der Waals surface area contributed by atoms with Gasteiger partial charge in [-0.25, -0.2) is 0 Å². The minimum atomic E-state index is -0.545. The summed E-state index contributed by atoms with van der Waals surface area (Å²) < 4.78 is 24.0. The van der Waals surface area contributed by atoms with Crippen LogP contribution in [0, 0.1) is 0 Å². The quantitative estimate of drug-likeness (QED) is 0.495. The molecule has 31 heavy (non-hydrogen) atoms. The van der Waals surface area contributed by atoms with Crippen LogP contribution < -0.4 is 19.0 Å². The third-order valence-electron chi connectivity index (χ3n) is 4.40. The molecule has 1 aromatic heterocycles. The van der Waals surface area contributed by atoms with Gasteiger partial charge in [0.25, 0.3) is 5.91 Å². The maximum Gasteiger partial charge on any atom is 0.326 e. The zero-order valence-corrected chi connectivity index (χ0v) is 18.7. The van der Waals surface area contributed by atoms with E-state index in [-0.39, 0.29) is 18.7 Å². The molecule has 1 heterocycles. The lowest BCUT2D eigenvalue weighted by molar-refractivity contribution is -0.143. The van der Waals surface area contributed by atoms with Crippen LogP contribution in [0.25, 0.3) is 10.2 Å². The minimum absolute atomic E-state index is 0.104. The molecule has 1 amide bonds. The number of methoxy groups -OCH3 is 2. The van der Waals surface area contributed by atoms with Crippen LogP contribution in [0.15, 0.2) is 41.4 Å². The van der Waals surface area contributed by atoms with Crippen molar-refractivity contribution in [2.75, 3.05) is 27.4 Å². The van der Waals surface area contributed by atoms with E-state index in [1.807, 2.05) is 25.1 Å². The van der Waals surface area contributed by atoms with Crippen molar-refractivity contribution in [2.45, 2.75) is 20.4 Å². The number of benzene rings is 2. The van der Waals surface area contributed by atoms with Crippen LogP contribution in [0.4, 0.5) is 0 Å². The van der Waals surface area contributed by atoms with Gasteiger partial charge in [0.15, 0.2) is 4.80 Å². The lowest BCUT2D eigenvalue weighted by Crippen LogP contribution is -2.23. The summed E-state index contributed by atoms with van der Waals surface area (Å²) >= 11 is 1.28. The summed E-state index contributed by atoms with van der Waals surface area (Å²) in [6, 6.07) is 10.6. The molecule has 0 atom stereocenters. The molecule has 0 spiro atoms. The van der Waals surface area contributed by atoms with Crippen molar-refractivity contribution in [1.82, 2.24) is 4.57 Å². The summed E-state index contributed by atoms with van der Waals surface area (Å²) in [7, 11) is 2.95. The van der Waals surface area contributed by atoms with Crippen molar-refractivity contribution in [3.05, 3.63) is 46.8 Å². The van der Waals surface area contributed by atoms with Crippen molar-refractivity contribution >= 4 is 33.4 Å². The lowest BCUT2D eigenvalue weighted by Gasteiger charge is -2.10. The highest BCUT2D eigenvalue weighted by molar-refractivity contribution is 7.16. The number of hydrogen-bond donors (Lipinski definition) is 0. The summed E-state index contributed by atoms with van der Waals surface area (Å²) in [5.41, 5.74) is 0.888. The summed E-state index contributed by atoms with van der Waals surface area (Å²) in [6.07, 6.45) is 0. The van der Waals surface area contributed by atoms with E-state index >= 15 is 0 Å². The fourth-order valence-corrected chi connectivity index (χ4v) is 4.19. The minimum Gasteiger partial charge on any atom is -0.496 e. The number of thiazole rings is 1. The number of aromatic nitrogens is 1. The lowest BCUT2D eigenvalue weighted by atomic mass is 10.1. The maximum absolute atomic E-state index is 13.1. The molecule has 8 nitrogen and oxygen atoms in total. The van der Waals surface area contributed by atoms with Crippen molar-refractivity contribution in [1.29, 1.82) is 0 Å². The van der Waals surface area contributed by atoms with Gasteiger partial charge in [0.1, 0.15) is 34.9 Å². The number of carbonyl (C=O) groups is 2. The maximum atomic E-state index is 13.1. The molecule has 0 unspecified atom stereocenters. The van der Waals surface area contributed by atoms with Crippen LogP contribution >= 0.6 is 11.3 Å². The molecular weight excluding hydrogens is 420 g/mol. The van der Waals surface area contributed by atoms with Crippen LogP contribution in [0.5, 0.6) is 17.2 Å². The van der Waals surface area contributed by atoms with Crippen molar-refractivity contribution < 1.29 is 28.5 Å². The molecule has 3 aromatic rings. The standard InChI is InChI=1S/C22H24N2O6S/c1-5-29-16-11-8-12-17-20(16)24(13-18(25)30-6-2)22(31-17)23-21(26)19-14(27-3)9-7-10-15(19)28-4/h7-12H,5-6,13H2,1-4H3. The topological polar surface area (TPSA) is 88.4 Å². The van der Waals surface area contributed by atoms with E-state index < -0.39 is 11.9 Å². The summed E-state index contributed by atoms with van der Waals surface area (Å²) in [4.78, 5) is 30.1. The van der Waals surface area contributed by atoms with Gasteiger partial charge in [0, 0.05) is 0 Å². The third-order valence-corrected chi connectivity index (χ3v) is 5.44. The first kappa shape index (κ1) is 22.4. The molecule has 9 heteroatoms. The highest BCUT2D eigenvalue weighted by Crippen LogP contribution is 2.30. The second kappa shape index (κ2) is 10.1. The Hall–Kier alpha value is -3.33. The average molecular weight is 445 g/mol. The second-order valence-electron chi connectivity index (χ2n) is 6.27. The van der Waals surface area contributed by atoms with Crippen molar-refractivity contribution in [2.24, 2.45) is 4.99 Å². The summed E-state index contributed by atoms with van der Waals surface area (Å²) in [5, 5.41) is 0. The predicted molar refractivity (Wildman–Crippen MR) is 117 cm³/mol. The normalized spacial score (nSPS) is 11.4. The largest absolute Gasteiger partial charge is 0.496 e. The van der Waals surface area contributed by atoms with Crippen LogP contribution in [0.3, 0.4) is 0 Å². The smallest absolute Gasteiger partial charge is 0.326 e. The molecule has 0 aliphatic carbocycles. The molecule has 0 bridgehead atoms. The molecule has 0 aliphatic heterocycles. The number of fused-ring (bicyclic) bond motifs is 1. The number of amides is 1. The first-order chi connectivity index (χ1) is 15.0. The Labute approximate surface area is 183 Å². The van der Waals surface area contributed by atoms with Crippen LogP contribution in [-0.2, 0) is 16.1 Å². The van der Waals surface area contributed by atoms with Crippen LogP contribution in [-0.4, -0.2) is 43.9 Å². The molecule has 0 N–H and O–H groups in total. The van der Waals surface area contributed by atoms with Gasteiger partial charge in [-0.2, -0.15) is 4.99 Å². The van der Waals surface area contributed by atoms with E-state index in [0.29, 0.717) is 34.2 Å². The second-order valence-corrected chi connectivity index (χ2v) is 7.28. The fourth-order valence-electron chi connectivity index (χ4n) is 3.14. The Kier molecular flexibility index (Phi) is 7.30. The van der Waals surface area contributed by atoms with Crippen molar-refractivity contribution in [3.8, 4) is 17.2 Å². The van der Waals surface area contributed by atoms with E-state index in [0.717, 1.165) is 4.70 Å². The molecule has 0 fully saturated rings. The highest BCUT2D eigenvalue weighted by atomic mass is 32.1. The van der Waals surface area contributed by atoms with Gasteiger partial charge in [-0.05, 0) is 38.1 Å². The monoisotopic (exact) mass is 444 g/mol. The zero-order valence-electron chi connectivity index (χ0n) is 17.8. The molecular formula is C22H24N2O6S. The van der Waals surface area contributed by atoms with E-state index in [1.54, 1.807) is 29.7 Å². The highest BCUT2D eigenvalue weighted by Gasteiger charge is 2.20. The first-order valence-corrected chi connectivity index (χ1v) is 10.6. The van der Waals surface area contributed by atoms with Crippen LogP contribution in [0.1, 0.15) is 24.2 Å². The molecule has 0 saturated heterocycles. The van der Waals surface area contributed by atoms with E-state index in [2.05, 4.69) is 4.99 Å². The van der Waals surface area contributed by atoms with Gasteiger partial charge in [0.2, 0.25) is 0 Å². The number of carbonyl (C=O) groups excluding carboxylic acids is 2.